The van der Waals surface area contributed by atoms with Crippen molar-refractivity contribution in [1.29, 1.82) is 0 Å². The van der Waals surface area contributed by atoms with E-state index >= 15 is 0 Å². The van der Waals surface area contributed by atoms with Crippen molar-refractivity contribution < 1.29 is 9.59 Å². The topological polar surface area (TPSA) is 43.9 Å². The summed E-state index contributed by atoms with van der Waals surface area (Å²) in [4.78, 5) is 29.2. The van der Waals surface area contributed by atoms with E-state index in [1.807, 2.05) is 48.2 Å². The van der Waals surface area contributed by atoms with Crippen molar-refractivity contribution in [3.8, 4) is 0 Å². The molecule has 22 heavy (non-hydrogen) atoms. The van der Waals surface area contributed by atoms with E-state index in [0.29, 0.717) is 5.56 Å². The minimum Gasteiger partial charge on any atom is -0.383 e. The van der Waals surface area contributed by atoms with Gasteiger partial charge in [-0.3, -0.25) is 9.59 Å². The van der Waals surface area contributed by atoms with E-state index in [0.717, 1.165) is 31.9 Å². The summed E-state index contributed by atoms with van der Waals surface area (Å²) >= 11 is 0. The number of nitrogens with zero attached hydrogens (tertiary/aromatic N) is 3. The molecule has 0 radical (unpaired) electrons. The average molecular weight is 301 g/mol. The number of carbonyl (C=O) groups excluding carboxylic acids is 2. The molecule has 1 fully saturated rings. The van der Waals surface area contributed by atoms with Crippen molar-refractivity contribution in [1.82, 2.24) is 9.80 Å². The number of piperazine rings is 1. The summed E-state index contributed by atoms with van der Waals surface area (Å²) in [5, 5.41) is 0. The fourth-order valence-corrected chi connectivity index (χ4v) is 2.43. The predicted molar refractivity (Wildman–Crippen MR) is 88.1 cm³/mol. The number of allylic oxidation sites excluding steroid dienone is 1. The van der Waals surface area contributed by atoms with E-state index in [1.165, 1.54) is 0 Å². The fraction of sp³-hybridized carbons (Fsp3) is 0.412. The van der Waals surface area contributed by atoms with Crippen LogP contribution in [0.5, 0.6) is 0 Å². The van der Waals surface area contributed by atoms with Crippen LogP contribution in [-0.2, 0) is 4.79 Å². The fourth-order valence-electron chi connectivity index (χ4n) is 2.43. The van der Waals surface area contributed by atoms with Crippen LogP contribution in [0.2, 0.25) is 0 Å². The number of carbonyl (C=O) groups is 2. The van der Waals surface area contributed by atoms with Gasteiger partial charge in [0.1, 0.15) is 0 Å². The molecule has 1 aromatic rings. The Labute approximate surface area is 131 Å². The Balaban J connectivity index is 1.98. The van der Waals surface area contributed by atoms with Gasteiger partial charge in [-0.2, -0.15) is 0 Å². The van der Waals surface area contributed by atoms with Crippen LogP contribution in [0, 0.1) is 0 Å². The van der Waals surface area contributed by atoms with Gasteiger partial charge in [0.2, 0.25) is 5.91 Å². The van der Waals surface area contributed by atoms with E-state index in [1.54, 1.807) is 19.2 Å². The maximum atomic E-state index is 12.0. The van der Waals surface area contributed by atoms with Crippen molar-refractivity contribution in [3.63, 3.8) is 0 Å². The molecule has 0 aromatic heterocycles. The van der Waals surface area contributed by atoms with Crippen LogP contribution >= 0.6 is 0 Å². The molecule has 0 aliphatic carbocycles. The lowest BCUT2D eigenvalue weighted by Crippen LogP contribution is -2.48. The smallest absolute Gasteiger partial charge is 0.219 e. The second-order valence-electron chi connectivity index (χ2n) is 5.68. The van der Waals surface area contributed by atoms with Crippen LogP contribution in [0.1, 0.15) is 17.3 Å². The highest BCUT2D eigenvalue weighted by Crippen LogP contribution is 2.18. The molecule has 1 saturated heterocycles. The van der Waals surface area contributed by atoms with Gasteiger partial charge in [0.25, 0.3) is 0 Å². The zero-order chi connectivity index (χ0) is 16.1. The first kappa shape index (κ1) is 16.1. The summed E-state index contributed by atoms with van der Waals surface area (Å²) in [6.07, 6.45) is 3.32. The molecule has 1 aliphatic rings. The summed E-state index contributed by atoms with van der Waals surface area (Å²) in [7, 11) is 3.77. The van der Waals surface area contributed by atoms with Crippen LogP contribution in [-0.4, -0.2) is 61.8 Å². The Morgan fingerprint density at radius 1 is 1.05 bits per heavy atom. The van der Waals surface area contributed by atoms with E-state index in [9.17, 15) is 9.59 Å². The Morgan fingerprint density at radius 2 is 1.64 bits per heavy atom. The Morgan fingerprint density at radius 3 is 2.14 bits per heavy atom. The number of amides is 1. The van der Waals surface area contributed by atoms with E-state index in [-0.39, 0.29) is 11.7 Å². The first-order valence-corrected chi connectivity index (χ1v) is 7.47. The number of benzene rings is 1. The predicted octanol–water partition coefficient (Wildman–Crippen LogP) is 1.61. The monoisotopic (exact) mass is 301 g/mol. The van der Waals surface area contributed by atoms with Crippen molar-refractivity contribution in [2.75, 3.05) is 45.2 Å². The van der Waals surface area contributed by atoms with E-state index < -0.39 is 0 Å². The summed E-state index contributed by atoms with van der Waals surface area (Å²) in [6.45, 7) is 4.77. The summed E-state index contributed by atoms with van der Waals surface area (Å²) in [6, 6.07) is 7.66. The third kappa shape index (κ3) is 4.10. The number of hydrogen-bond acceptors (Lipinski definition) is 4. The summed E-state index contributed by atoms with van der Waals surface area (Å²) < 4.78 is 0. The Bertz CT molecular complexity index is 556. The lowest BCUT2D eigenvalue weighted by atomic mass is 10.1. The minimum atomic E-state index is 0.00153. The molecule has 1 aliphatic heterocycles. The molecule has 0 unspecified atom stereocenters. The zero-order valence-corrected chi connectivity index (χ0v) is 13.5. The molecular formula is C17H23N3O2. The minimum absolute atomic E-state index is 0.00153. The van der Waals surface area contributed by atoms with E-state index in [2.05, 4.69) is 4.90 Å². The first-order valence-electron chi connectivity index (χ1n) is 7.47. The highest BCUT2D eigenvalue weighted by Gasteiger charge is 2.18. The van der Waals surface area contributed by atoms with Gasteiger partial charge in [-0.1, -0.05) is 0 Å². The number of anilines is 1. The van der Waals surface area contributed by atoms with Crippen molar-refractivity contribution in [2.45, 2.75) is 6.92 Å². The molecule has 0 atom stereocenters. The van der Waals surface area contributed by atoms with Gasteiger partial charge in [0.05, 0.1) is 0 Å². The molecular weight excluding hydrogens is 278 g/mol. The van der Waals surface area contributed by atoms with Crippen LogP contribution in [0.15, 0.2) is 36.5 Å². The molecule has 1 amide bonds. The molecule has 5 nitrogen and oxygen atoms in total. The number of rotatable bonds is 4. The third-order valence-electron chi connectivity index (χ3n) is 3.77. The molecule has 0 N–H and O–H groups in total. The number of hydrogen-bond donors (Lipinski definition) is 0. The maximum absolute atomic E-state index is 12.0. The lowest BCUT2D eigenvalue weighted by molar-refractivity contribution is -0.129. The zero-order valence-electron chi connectivity index (χ0n) is 13.5. The van der Waals surface area contributed by atoms with Crippen molar-refractivity contribution in [3.05, 3.63) is 42.1 Å². The molecule has 5 heteroatoms. The van der Waals surface area contributed by atoms with Crippen LogP contribution in [0.3, 0.4) is 0 Å². The lowest BCUT2D eigenvalue weighted by Gasteiger charge is -2.35. The molecule has 118 valence electrons. The normalized spacial score (nSPS) is 15.2. The van der Waals surface area contributed by atoms with Gasteiger partial charge in [0, 0.05) is 70.7 Å². The first-order chi connectivity index (χ1) is 10.5. The van der Waals surface area contributed by atoms with Crippen molar-refractivity contribution >= 4 is 17.4 Å². The molecule has 0 saturated carbocycles. The molecule has 1 heterocycles. The van der Waals surface area contributed by atoms with Crippen molar-refractivity contribution in [2.24, 2.45) is 0 Å². The third-order valence-corrected chi connectivity index (χ3v) is 3.77. The second kappa shape index (κ2) is 7.11. The standard InChI is InChI=1S/C17H23N3O2/c1-14(21)19-10-12-20(13-11-19)16-6-4-15(5-7-16)17(22)8-9-18(2)3/h4-9H,10-13H2,1-3H3. The van der Waals surface area contributed by atoms with Gasteiger partial charge in [-0.25, -0.2) is 0 Å². The van der Waals surface area contributed by atoms with Gasteiger partial charge in [-0.15, -0.1) is 0 Å². The summed E-state index contributed by atoms with van der Waals surface area (Å²) in [5.41, 5.74) is 1.78. The Kier molecular flexibility index (Phi) is 5.20. The SMILES string of the molecule is CC(=O)N1CCN(c2ccc(C(=O)C=CN(C)C)cc2)CC1. The average Bonchev–Trinajstić information content (AvgIpc) is 2.53. The van der Waals surface area contributed by atoms with Gasteiger partial charge in [-0.05, 0) is 24.3 Å². The molecule has 0 spiro atoms. The highest BCUT2D eigenvalue weighted by molar-refractivity contribution is 6.04. The molecule has 2 rings (SSSR count). The summed E-state index contributed by atoms with van der Waals surface area (Å²) in [5.74, 6) is 0.134. The van der Waals surface area contributed by atoms with Crippen LogP contribution < -0.4 is 4.90 Å². The van der Waals surface area contributed by atoms with Gasteiger partial charge in [0.15, 0.2) is 5.78 Å². The van der Waals surface area contributed by atoms with Crippen LogP contribution in [0.4, 0.5) is 5.69 Å². The van der Waals surface area contributed by atoms with Gasteiger partial charge >= 0.3 is 0 Å². The number of ketones is 1. The maximum Gasteiger partial charge on any atom is 0.219 e. The van der Waals surface area contributed by atoms with Gasteiger partial charge < -0.3 is 14.7 Å². The molecule has 0 bridgehead atoms. The molecule has 1 aromatic carbocycles. The van der Waals surface area contributed by atoms with Crippen LogP contribution in [0.25, 0.3) is 0 Å². The highest BCUT2D eigenvalue weighted by atomic mass is 16.2. The Hall–Kier alpha value is -2.30. The largest absolute Gasteiger partial charge is 0.383 e. The second-order valence-corrected chi connectivity index (χ2v) is 5.68. The van der Waals surface area contributed by atoms with E-state index in [4.69, 9.17) is 0 Å². The quantitative estimate of drug-likeness (QED) is 0.626.